The van der Waals surface area contributed by atoms with Gasteiger partial charge in [0.15, 0.2) is 0 Å². The third-order valence-electron chi connectivity index (χ3n) is 3.56. The molecule has 0 radical (unpaired) electrons. The highest BCUT2D eigenvalue weighted by Crippen LogP contribution is 2.16. The van der Waals surface area contributed by atoms with Gasteiger partial charge in [0.25, 0.3) is 0 Å². The second-order valence-corrected chi connectivity index (χ2v) is 4.81. The van der Waals surface area contributed by atoms with Crippen molar-refractivity contribution in [3.63, 3.8) is 0 Å². The van der Waals surface area contributed by atoms with Gasteiger partial charge in [0.1, 0.15) is 5.82 Å². The van der Waals surface area contributed by atoms with Crippen molar-refractivity contribution in [1.82, 2.24) is 14.9 Å². The summed E-state index contributed by atoms with van der Waals surface area (Å²) in [6.07, 6.45) is 12.3. The van der Waals surface area contributed by atoms with E-state index in [4.69, 9.17) is 0 Å². The molecule has 16 heavy (non-hydrogen) atoms. The molecular weight excluding hydrogens is 198 g/mol. The van der Waals surface area contributed by atoms with E-state index < -0.39 is 0 Å². The average molecular weight is 221 g/mol. The number of imidazole rings is 1. The molecule has 1 heterocycles. The average Bonchev–Trinajstić information content (AvgIpc) is 2.55. The van der Waals surface area contributed by atoms with Crippen molar-refractivity contribution in [3.8, 4) is 0 Å². The van der Waals surface area contributed by atoms with Crippen molar-refractivity contribution in [2.75, 3.05) is 6.54 Å². The lowest BCUT2D eigenvalue weighted by molar-refractivity contribution is 0.443. The van der Waals surface area contributed by atoms with Crippen LogP contribution in [0.25, 0.3) is 0 Å². The van der Waals surface area contributed by atoms with Gasteiger partial charge < -0.3 is 9.88 Å². The molecule has 1 saturated carbocycles. The Hall–Kier alpha value is -0.830. The first-order chi connectivity index (χ1) is 7.86. The van der Waals surface area contributed by atoms with Crippen molar-refractivity contribution < 1.29 is 0 Å². The fraction of sp³-hybridized carbons (Fsp3) is 0.769. The van der Waals surface area contributed by atoms with Gasteiger partial charge in [-0.25, -0.2) is 4.98 Å². The van der Waals surface area contributed by atoms with Gasteiger partial charge in [-0.3, -0.25) is 0 Å². The Bertz CT molecular complexity index is 298. The van der Waals surface area contributed by atoms with E-state index in [1.807, 2.05) is 6.20 Å². The predicted molar refractivity (Wildman–Crippen MR) is 66.5 cm³/mol. The Kier molecular flexibility index (Phi) is 4.40. The number of rotatable bonds is 4. The van der Waals surface area contributed by atoms with E-state index in [9.17, 15) is 0 Å². The van der Waals surface area contributed by atoms with E-state index in [0.717, 1.165) is 25.0 Å². The second kappa shape index (κ2) is 6.04. The van der Waals surface area contributed by atoms with Gasteiger partial charge in [-0.1, -0.05) is 25.7 Å². The first kappa shape index (κ1) is 11.6. The van der Waals surface area contributed by atoms with Crippen LogP contribution in [0, 0.1) is 6.92 Å². The van der Waals surface area contributed by atoms with Crippen LogP contribution in [0.4, 0.5) is 0 Å². The van der Waals surface area contributed by atoms with Crippen molar-refractivity contribution >= 4 is 0 Å². The van der Waals surface area contributed by atoms with Crippen LogP contribution in [0.5, 0.6) is 0 Å². The van der Waals surface area contributed by atoms with Crippen molar-refractivity contribution in [1.29, 1.82) is 0 Å². The van der Waals surface area contributed by atoms with Crippen LogP contribution in [-0.4, -0.2) is 22.1 Å². The minimum Gasteiger partial charge on any atom is -0.334 e. The van der Waals surface area contributed by atoms with Gasteiger partial charge in [-0.15, -0.1) is 0 Å². The molecule has 0 aliphatic heterocycles. The van der Waals surface area contributed by atoms with Crippen LogP contribution < -0.4 is 5.32 Å². The van der Waals surface area contributed by atoms with Gasteiger partial charge in [0, 0.05) is 31.5 Å². The lowest BCUT2D eigenvalue weighted by Gasteiger charge is -2.16. The van der Waals surface area contributed by atoms with Crippen LogP contribution >= 0.6 is 0 Å². The molecule has 0 bridgehead atoms. The first-order valence-corrected chi connectivity index (χ1v) is 6.57. The summed E-state index contributed by atoms with van der Waals surface area (Å²) >= 11 is 0. The summed E-state index contributed by atoms with van der Waals surface area (Å²) in [6.45, 7) is 4.18. The quantitative estimate of drug-likeness (QED) is 0.792. The highest BCUT2D eigenvalue weighted by atomic mass is 15.1. The smallest absolute Gasteiger partial charge is 0.105 e. The van der Waals surface area contributed by atoms with E-state index in [-0.39, 0.29) is 0 Å². The molecule has 3 heteroatoms. The standard InChI is InChI=1S/C13H23N3/c1-12-14-8-10-16(12)11-9-15-13-6-4-2-3-5-7-13/h8,10,13,15H,2-7,9,11H2,1H3. The van der Waals surface area contributed by atoms with Gasteiger partial charge in [-0.2, -0.15) is 0 Å². The largest absolute Gasteiger partial charge is 0.334 e. The first-order valence-electron chi connectivity index (χ1n) is 6.57. The summed E-state index contributed by atoms with van der Waals surface area (Å²) in [4.78, 5) is 4.23. The number of nitrogens with one attached hydrogen (secondary N) is 1. The van der Waals surface area contributed by atoms with Crippen molar-refractivity contribution in [2.45, 2.75) is 58.0 Å². The Labute approximate surface area is 98.3 Å². The molecule has 90 valence electrons. The van der Waals surface area contributed by atoms with E-state index in [1.54, 1.807) is 0 Å². The van der Waals surface area contributed by atoms with Gasteiger partial charge in [0.05, 0.1) is 0 Å². The Balaban J connectivity index is 1.69. The molecule has 0 unspecified atom stereocenters. The maximum atomic E-state index is 4.23. The molecule has 1 aliphatic rings. The molecule has 0 atom stereocenters. The monoisotopic (exact) mass is 221 g/mol. The summed E-state index contributed by atoms with van der Waals surface area (Å²) in [7, 11) is 0. The zero-order valence-electron chi connectivity index (χ0n) is 10.3. The van der Waals surface area contributed by atoms with Gasteiger partial charge in [0.2, 0.25) is 0 Å². The molecule has 0 aromatic carbocycles. The minimum atomic E-state index is 0.756. The molecule has 2 rings (SSSR count). The molecule has 0 spiro atoms. The van der Waals surface area contributed by atoms with E-state index >= 15 is 0 Å². The van der Waals surface area contributed by atoms with E-state index in [0.29, 0.717) is 0 Å². The lowest BCUT2D eigenvalue weighted by atomic mass is 10.1. The molecule has 0 saturated heterocycles. The number of hydrogen-bond acceptors (Lipinski definition) is 2. The highest BCUT2D eigenvalue weighted by molar-refractivity contribution is 4.88. The molecule has 1 aliphatic carbocycles. The normalized spacial score (nSPS) is 18.6. The summed E-state index contributed by atoms with van der Waals surface area (Å²) in [5, 5.41) is 3.68. The maximum Gasteiger partial charge on any atom is 0.105 e. The fourth-order valence-corrected chi connectivity index (χ4v) is 2.51. The molecule has 1 aromatic heterocycles. The van der Waals surface area contributed by atoms with Crippen LogP contribution in [0.1, 0.15) is 44.3 Å². The lowest BCUT2D eigenvalue weighted by Crippen LogP contribution is -2.31. The van der Waals surface area contributed by atoms with Crippen molar-refractivity contribution in [2.24, 2.45) is 0 Å². The highest BCUT2D eigenvalue weighted by Gasteiger charge is 2.10. The molecule has 1 N–H and O–H groups in total. The van der Waals surface area contributed by atoms with Crippen LogP contribution in [0.3, 0.4) is 0 Å². The predicted octanol–water partition coefficient (Wildman–Crippen LogP) is 2.50. The van der Waals surface area contributed by atoms with E-state index in [1.165, 1.54) is 38.5 Å². The Morgan fingerprint density at radius 1 is 1.31 bits per heavy atom. The van der Waals surface area contributed by atoms with Crippen LogP contribution in [-0.2, 0) is 6.54 Å². The molecule has 0 amide bonds. The summed E-state index contributed by atoms with van der Waals surface area (Å²) in [5.74, 6) is 1.11. The number of nitrogens with zero attached hydrogens (tertiary/aromatic N) is 2. The number of aromatic nitrogens is 2. The molecular formula is C13H23N3. The Morgan fingerprint density at radius 3 is 2.69 bits per heavy atom. The zero-order valence-corrected chi connectivity index (χ0v) is 10.3. The van der Waals surface area contributed by atoms with Gasteiger partial charge in [-0.05, 0) is 19.8 Å². The Morgan fingerprint density at radius 2 is 2.06 bits per heavy atom. The summed E-state index contributed by atoms with van der Waals surface area (Å²) in [5.41, 5.74) is 0. The maximum absolute atomic E-state index is 4.23. The van der Waals surface area contributed by atoms with E-state index in [2.05, 4.69) is 28.0 Å². The van der Waals surface area contributed by atoms with Crippen LogP contribution in [0.2, 0.25) is 0 Å². The van der Waals surface area contributed by atoms with Crippen LogP contribution in [0.15, 0.2) is 12.4 Å². The number of hydrogen-bond donors (Lipinski definition) is 1. The third kappa shape index (κ3) is 3.34. The summed E-state index contributed by atoms with van der Waals surface area (Å²) in [6, 6.07) is 0.756. The topological polar surface area (TPSA) is 29.9 Å². The minimum absolute atomic E-state index is 0.756. The van der Waals surface area contributed by atoms with Gasteiger partial charge >= 0.3 is 0 Å². The second-order valence-electron chi connectivity index (χ2n) is 4.81. The third-order valence-corrected chi connectivity index (χ3v) is 3.56. The SMILES string of the molecule is Cc1nccn1CCNC1CCCCCC1. The fourth-order valence-electron chi connectivity index (χ4n) is 2.51. The van der Waals surface area contributed by atoms with Crippen molar-refractivity contribution in [3.05, 3.63) is 18.2 Å². The summed E-state index contributed by atoms with van der Waals surface area (Å²) < 4.78 is 2.21. The number of aryl methyl sites for hydroxylation is 1. The molecule has 1 aromatic rings. The molecule has 3 nitrogen and oxygen atoms in total. The zero-order chi connectivity index (χ0) is 11.2. The molecule has 1 fully saturated rings.